The quantitative estimate of drug-likeness (QED) is 0.261. The Kier molecular flexibility index (Phi) is 9.70. The van der Waals surface area contributed by atoms with Crippen molar-refractivity contribution in [2.75, 3.05) is 20.2 Å². The van der Waals surface area contributed by atoms with Gasteiger partial charge >= 0.3 is 12.1 Å². The van der Waals surface area contributed by atoms with E-state index in [1.165, 1.54) is 31.4 Å². The highest BCUT2D eigenvalue weighted by Gasteiger charge is 2.22. The second-order valence-corrected chi connectivity index (χ2v) is 9.64. The Balaban J connectivity index is 1.60. The number of carbonyl (C=O) groups excluding carboxylic acids is 3. The standard InChI is InChI=1S/C25H23FN4O9S/c1-38-20-12-17(13-28-24(20)39-25(35)29-14-21(31)32)23(34)30-40(36,37)19-8-4-16(5-9-19)22(33)27-11-10-15-2-6-18(26)7-3-15/h2-9,12-13H,10-11,14H2,1H3,(H,27,33)(H,29,35)(H,30,34)(H,31,32). The van der Waals surface area contributed by atoms with Crippen LogP contribution < -0.4 is 24.8 Å². The molecule has 0 saturated carbocycles. The van der Waals surface area contributed by atoms with Crippen LogP contribution in [0.25, 0.3) is 0 Å². The third kappa shape index (κ3) is 8.22. The molecule has 0 aliphatic carbocycles. The number of aliphatic carboxylic acids is 1. The van der Waals surface area contributed by atoms with Crippen molar-refractivity contribution in [3.63, 3.8) is 0 Å². The highest BCUT2D eigenvalue weighted by molar-refractivity contribution is 7.90. The van der Waals surface area contributed by atoms with Crippen molar-refractivity contribution < 1.29 is 46.6 Å². The summed E-state index contributed by atoms with van der Waals surface area (Å²) in [5.41, 5.74) is 0.757. The van der Waals surface area contributed by atoms with Crippen LogP contribution in [0.1, 0.15) is 26.3 Å². The molecule has 0 radical (unpaired) electrons. The number of amides is 3. The number of sulfonamides is 1. The van der Waals surface area contributed by atoms with Crippen molar-refractivity contribution in [3.05, 3.63) is 83.3 Å². The largest absolute Gasteiger partial charge is 0.491 e. The van der Waals surface area contributed by atoms with Gasteiger partial charge < -0.3 is 25.2 Å². The Labute approximate surface area is 227 Å². The molecule has 3 amide bonds. The molecule has 3 rings (SSSR count). The van der Waals surface area contributed by atoms with Crippen LogP contribution in [0.15, 0.2) is 65.7 Å². The highest BCUT2D eigenvalue weighted by atomic mass is 32.2. The third-order valence-corrected chi connectivity index (χ3v) is 6.49. The Morgan fingerprint density at radius 3 is 2.25 bits per heavy atom. The number of pyridine rings is 1. The zero-order chi connectivity index (χ0) is 29.3. The number of rotatable bonds is 11. The smallest absolute Gasteiger partial charge is 0.414 e. The number of methoxy groups -OCH3 is 1. The molecule has 0 fully saturated rings. The van der Waals surface area contributed by atoms with Gasteiger partial charge in [-0.2, -0.15) is 0 Å². The lowest BCUT2D eigenvalue weighted by Crippen LogP contribution is -2.32. The number of benzene rings is 2. The van der Waals surface area contributed by atoms with Crippen LogP contribution in [0.5, 0.6) is 11.6 Å². The maximum Gasteiger partial charge on any atom is 0.414 e. The van der Waals surface area contributed by atoms with Gasteiger partial charge in [-0.05, 0) is 48.4 Å². The van der Waals surface area contributed by atoms with Gasteiger partial charge in [0, 0.05) is 24.4 Å². The van der Waals surface area contributed by atoms with Gasteiger partial charge in [0.2, 0.25) is 0 Å². The van der Waals surface area contributed by atoms with E-state index in [0.717, 1.165) is 30.0 Å². The van der Waals surface area contributed by atoms with E-state index >= 15 is 0 Å². The fourth-order valence-electron chi connectivity index (χ4n) is 3.15. The zero-order valence-corrected chi connectivity index (χ0v) is 21.7. The number of hydrogen-bond acceptors (Lipinski definition) is 9. The van der Waals surface area contributed by atoms with Gasteiger partial charge in [-0.15, -0.1) is 0 Å². The molecule has 0 bridgehead atoms. The molecular formula is C25H23FN4O9S. The number of hydrogen-bond donors (Lipinski definition) is 4. The van der Waals surface area contributed by atoms with Crippen LogP contribution >= 0.6 is 0 Å². The summed E-state index contributed by atoms with van der Waals surface area (Å²) < 4.78 is 50.1. The minimum atomic E-state index is -4.35. The SMILES string of the molecule is COc1cc(C(=O)NS(=O)(=O)c2ccc(C(=O)NCCc3ccc(F)cc3)cc2)cnc1OC(=O)NCC(=O)O. The molecule has 0 aliphatic heterocycles. The lowest BCUT2D eigenvalue weighted by molar-refractivity contribution is -0.135. The lowest BCUT2D eigenvalue weighted by atomic mass is 10.1. The van der Waals surface area contributed by atoms with Gasteiger partial charge in [-0.3, -0.25) is 14.4 Å². The van der Waals surface area contributed by atoms with Crippen LogP contribution in [-0.2, 0) is 21.2 Å². The third-order valence-electron chi connectivity index (χ3n) is 5.14. The van der Waals surface area contributed by atoms with Gasteiger partial charge in [0.1, 0.15) is 12.4 Å². The molecule has 3 aromatic rings. The van der Waals surface area contributed by atoms with E-state index in [9.17, 15) is 32.0 Å². The molecule has 0 aliphatic rings. The summed E-state index contributed by atoms with van der Waals surface area (Å²) >= 11 is 0. The maximum absolute atomic E-state index is 13.0. The number of carboxylic acid groups (broad SMARTS) is 1. The Morgan fingerprint density at radius 1 is 0.950 bits per heavy atom. The second kappa shape index (κ2) is 13.1. The molecule has 0 unspecified atom stereocenters. The summed E-state index contributed by atoms with van der Waals surface area (Å²) in [5, 5.41) is 13.2. The van der Waals surface area contributed by atoms with E-state index in [-0.39, 0.29) is 34.1 Å². The van der Waals surface area contributed by atoms with Crippen LogP contribution in [0, 0.1) is 5.82 Å². The highest BCUT2D eigenvalue weighted by Crippen LogP contribution is 2.25. The molecule has 210 valence electrons. The van der Waals surface area contributed by atoms with Gasteiger partial charge in [0.25, 0.3) is 27.7 Å². The number of aromatic nitrogens is 1. The molecule has 0 atom stereocenters. The molecule has 0 spiro atoms. The molecule has 4 N–H and O–H groups in total. The minimum Gasteiger partial charge on any atom is -0.491 e. The number of halogens is 1. The maximum atomic E-state index is 13.0. The molecular weight excluding hydrogens is 551 g/mol. The average Bonchev–Trinajstić information content (AvgIpc) is 2.93. The number of carboxylic acids is 1. The lowest BCUT2D eigenvalue weighted by Gasteiger charge is -2.11. The van der Waals surface area contributed by atoms with E-state index in [4.69, 9.17) is 14.6 Å². The number of nitrogens with zero attached hydrogens (tertiary/aromatic N) is 1. The minimum absolute atomic E-state index is 0.182. The zero-order valence-electron chi connectivity index (χ0n) is 20.8. The topological polar surface area (TPSA) is 190 Å². The first-order valence-electron chi connectivity index (χ1n) is 11.4. The van der Waals surface area contributed by atoms with Crippen molar-refractivity contribution in [1.82, 2.24) is 20.3 Å². The summed E-state index contributed by atoms with van der Waals surface area (Å²) in [4.78, 5) is 50.6. The number of carbonyl (C=O) groups is 4. The van der Waals surface area contributed by atoms with E-state index < -0.39 is 46.3 Å². The first kappa shape index (κ1) is 29.5. The summed E-state index contributed by atoms with van der Waals surface area (Å²) in [5.74, 6) is -3.79. The van der Waals surface area contributed by atoms with Crippen molar-refractivity contribution in [2.24, 2.45) is 0 Å². The fourth-order valence-corrected chi connectivity index (χ4v) is 4.12. The predicted octanol–water partition coefficient (Wildman–Crippen LogP) is 1.49. The van der Waals surface area contributed by atoms with Crippen molar-refractivity contribution in [2.45, 2.75) is 11.3 Å². The molecule has 1 heterocycles. The molecule has 15 heteroatoms. The molecule has 13 nitrogen and oxygen atoms in total. The van der Waals surface area contributed by atoms with E-state index in [1.807, 2.05) is 10.0 Å². The summed E-state index contributed by atoms with van der Waals surface area (Å²) in [6.45, 7) is -0.433. The molecule has 2 aromatic carbocycles. The summed E-state index contributed by atoms with van der Waals surface area (Å²) in [6, 6.07) is 11.8. The van der Waals surface area contributed by atoms with Crippen molar-refractivity contribution in [1.29, 1.82) is 0 Å². The van der Waals surface area contributed by atoms with Gasteiger partial charge in [0.15, 0.2) is 5.75 Å². The second-order valence-electron chi connectivity index (χ2n) is 7.96. The first-order chi connectivity index (χ1) is 19.0. The van der Waals surface area contributed by atoms with Gasteiger partial charge in [-0.25, -0.2) is 27.3 Å². The number of nitrogens with one attached hydrogen (secondary N) is 3. The molecule has 40 heavy (non-hydrogen) atoms. The van der Waals surface area contributed by atoms with Crippen LogP contribution in [0.3, 0.4) is 0 Å². The Hall–Kier alpha value is -5.05. The van der Waals surface area contributed by atoms with E-state index in [0.29, 0.717) is 6.42 Å². The Morgan fingerprint density at radius 2 is 1.62 bits per heavy atom. The van der Waals surface area contributed by atoms with Crippen LogP contribution in [0.4, 0.5) is 9.18 Å². The van der Waals surface area contributed by atoms with Crippen LogP contribution in [0.2, 0.25) is 0 Å². The predicted molar refractivity (Wildman–Crippen MR) is 136 cm³/mol. The molecule has 0 saturated heterocycles. The Bertz CT molecular complexity index is 1510. The van der Waals surface area contributed by atoms with E-state index in [2.05, 4.69) is 10.3 Å². The van der Waals surface area contributed by atoms with E-state index in [1.54, 1.807) is 12.1 Å². The monoisotopic (exact) mass is 574 g/mol. The summed E-state index contributed by atoms with van der Waals surface area (Å²) in [6.07, 6.45) is 0.250. The van der Waals surface area contributed by atoms with Crippen molar-refractivity contribution in [3.8, 4) is 11.6 Å². The van der Waals surface area contributed by atoms with Crippen molar-refractivity contribution >= 4 is 33.9 Å². The normalized spacial score (nSPS) is 10.8. The fraction of sp³-hybridized carbons (Fsp3) is 0.160. The van der Waals surface area contributed by atoms with Gasteiger partial charge in [0.05, 0.1) is 17.6 Å². The average molecular weight is 575 g/mol. The first-order valence-corrected chi connectivity index (χ1v) is 12.9. The molecule has 1 aromatic heterocycles. The summed E-state index contributed by atoms with van der Waals surface area (Å²) in [7, 11) is -3.17. The van der Waals surface area contributed by atoms with Gasteiger partial charge in [-0.1, -0.05) is 12.1 Å². The van der Waals surface area contributed by atoms with Crippen LogP contribution in [-0.4, -0.2) is 62.6 Å². The number of ether oxygens (including phenoxy) is 2.